The first-order valence-electron chi connectivity index (χ1n) is 13.6. The van der Waals surface area contributed by atoms with Gasteiger partial charge in [-0.05, 0) is 83.0 Å². The summed E-state index contributed by atoms with van der Waals surface area (Å²) in [6.45, 7) is 0.820. The molecular weight excluding hydrogens is 562 g/mol. The zero-order chi connectivity index (χ0) is 31.0. The summed E-state index contributed by atoms with van der Waals surface area (Å²) in [6, 6.07) is 19.6. The third kappa shape index (κ3) is 8.45. The zero-order valence-electron chi connectivity index (χ0n) is 24.7. The molecule has 0 fully saturated rings. The number of anilines is 1. The molecule has 3 N–H and O–H groups in total. The van der Waals surface area contributed by atoms with Gasteiger partial charge in [-0.1, -0.05) is 30.4 Å². The zero-order valence-corrected chi connectivity index (χ0v) is 25.5. The first-order valence-corrected chi connectivity index (χ1v) is 15.1. The van der Waals surface area contributed by atoms with Crippen molar-refractivity contribution in [1.29, 1.82) is 0 Å². The van der Waals surface area contributed by atoms with E-state index in [1.807, 2.05) is 92.3 Å². The lowest BCUT2D eigenvalue weighted by Crippen LogP contribution is -2.10. The van der Waals surface area contributed by atoms with Gasteiger partial charge < -0.3 is 15.4 Å². The Balaban J connectivity index is 1.69. The molecule has 3 aromatic carbocycles. The highest BCUT2D eigenvalue weighted by Crippen LogP contribution is 2.30. The molecule has 0 unspecified atom stereocenters. The fourth-order valence-corrected chi connectivity index (χ4v) is 4.96. The predicted octanol–water partition coefficient (Wildman–Crippen LogP) is 6.06. The minimum Gasteiger partial charge on any atom is -0.492 e. The minimum atomic E-state index is -4.56. The summed E-state index contributed by atoms with van der Waals surface area (Å²) in [7, 11) is 3.36. The number of rotatable bonds is 10. The summed E-state index contributed by atoms with van der Waals surface area (Å²) < 4.78 is 42.4. The van der Waals surface area contributed by atoms with Gasteiger partial charge in [0.25, 0.3) is 10.1 Å². The van der Waals surface area contributed by atoms with Gasteiger partial charge in [0.1, 0.15) is 31.3 Å². The van der Waals surface area contributed by atoms with Gasteiger partial charge in [0.05, 0.1) is 11.4 Å². The van der Waals surface area contributed by atoms with Crippen LogP contribution in [0.4, 0.5) is 17.1 Å². The number of benzene rings is 3. The molecule has 1 aliphatic carbocycles. The summed E-state index contributed by atoms with van der Waals surface area (Å²) in [4.78, 5) is 1.76. The molecule has 43 heavy (non-hydrogen) atoms. The third-order valence-electron chi connectivity index (χ3n) is 6.60. The van der Waals surface area contributed by atoms with Crippen LogP contribution in [0.25, 0.3) is 11.6 Å². The molecule has 3 aromatic rings. The molecule has 10 heteroatoms. The molecule has 0 bridgehead atoms. The molecule has 0 saturated carbocycles. The molecule has 4 rings (SSSR count). The van der Waals surface area contributed by atoms with Crippen molar-refractivity contribution in [2.24, 2.45) is 16.0 Å². The van der Waals surface area contributed by atoms with Crippen LogP contribution in [0.2, 0.25) is 0 Å². The van der Waals surface area contributed by atoms with Crippen LogP contribution in [-0.4, -0.2) is 64.6 Å². The van der Waals surface area contributed by atoms with Crippen LogP contribution in [0.15, 0.2) is 118 Å². The molecule has 0 amide bonds. The lowest BCUT2D eigenvalue weighted by Gasteiger charge is -2.14. The highest BCUT2D eigenvalue weighted by Gasteiger charge is 2.16. The predicted molar refractivity (Wildman–Crippen MR) is 174 cm³/mol. The van der Waals surface area contributed by atoms with Crippen LogP contribution in [0.3, 0.4) is 0 Å². The fraction of sp³-hybridized carbons (Fsp3) is 0.182. The maximum absolute atomic E-state index is 12.4. The second-order valence-corrected chi connectivity index (χ2v) is 11.5. The van der Waals surface area contributed by atoms with Gasteiger partial charge in [0.15, 0.2) is 5.71 Å². The molecule has 0 heterocycles. The highest BCUT2D eigenvalue weighted by atomic mass is 32.2. The van der Waals surface area contributed by atoms with E-state index in [9.17, 15) is 13.0 Å². The molecule has 0 aromatic heterocycles. The first kappa shape index (κ1) is 31.3. The number of hydrogen-bond acceptors (Lipinski definition) is 7. The van der Waals surface area contributed by atoms with E-state index >= 15 is 0 Å². The Morgan fingerprint density at radius 2 is 1.56 bits per heavy atom. The quantitative estimate of drug-likeness (QED) is 0.166. The van der Waals surface area contributed by atoms with Crippen molar-refractivity contribution in [2.45, 2.75) is 4.90 Å². The average molecular weight is 599 g/mol. The van der Waals surface area contributed by atoms with Crippen LogP contribution in [-0.2, 0) is 10.1 Å². The summed E-state index contributed by atoms with van der Waals surface area (Å²) in [5.74, 6) is 0.660. The Labute approximate surface area is 253 Å². The van der Waals surface area contributed by atoms with E-state index in [1.54, 1.807) is 42.5 Å². The van der Waals surface area contributed by atoms with Crippen molar-refractivity contribution in [1.82, 2.24) is 0 Å². The number of azo groups is 1. The molecule has 1 aliphatic rings. The Morgan fingerprint density at radius 3 is 2.14 bits per heavy atom. The largest absolute Gasteiger partial charge is 0.492 e. The standard InChI is InChI=1S/C33H35N5O4S/c1-37(2)29-14-6-24(7-15-29)32(25-8-16-30(17-9-25)38(3)4)20-10-26-5-11-28(23-33(26)43(39,40)41)36-35-27-12-18-31(19-13-27)42-22-21-34/h5-20,23H,21-22,34H2,1-4H3/p+1. The van der Waals surface area contributed by atoms with Gasteiger partial charge >= 0.3 is 0 Å². The van der Waals surface area contributed by atoms with E-state index < -0.39 is 10.1 Å². The van der Waals surface area contributed by atoms with Crippen LogP contribution in [0.5, 0.6) is 5.75 Å². The molecule has 0 aliphatic heterocycles. The maximum atomic E-state index is 12.4. The van der Waals surface area contributed by atoms with Crippen molar-refractivity contribution >= 4 is 44.5 Å². The third-order valence-corrected chi connectivity index (χ3v) is 7.51. The van der Waals surface area contributed by atoms with E-state index in [0.29, 0.717) is 30.2 Å². The normalized spacial score (nSPS) is 13.3. The Morgan fingerprint density at radius 1 is 0.930 bits per heavy atom. The van der Waals surface area contributed by atoms with E-state index in [0.717, 1.165) is 28.1 Å². The van der Waals surface area contributed by atoms with E-state index in [4.69, 9.17) is 10.5 Å². The molecule has 222 valence electrons. The number of nitrogens with two attached hydrogens (primary N) is 1. The number of allylic oxidation sites excluding steroid dienone is 7. The Bertz CT molecular complexity index is 1730. The van der Waals surface area contributed by atoms with E-state index in [1.165, 1.54) is 6.07 Å². The second-order valence-electron chi connectivity index (χ2n) is 10.2. The molecule has 0 saturated heterocycles. The van der Waals surface area contributed by atoms with Crippen molar-refractivity contribution in [3.05, 3.63) is 114 Å². The van der Waals surface area contributed by atoms with Crippen molar-refractivity contribution in [3.63, 3.8) is 0 Å². The fourth-order valence-electron chi connectivity index (χ4n) is 4.26. The molecule has 0 spiro atoms. The van der Waals surface area contributed by atoms with Gasteiger partial charge in [0, 0.05) is 38.5 Å². The number of ether oxygens (including phenoxy) is 1. The summed E-state index contributed by atoms with van der Waals surface area (Å²) in [5, 5.41) is 8.35. The van der Waals surface area contributed by atoms with Gasteiger partial charge in [-0.25, -0.2) is 4.58 Å². The highest BCUT2D eigenvalue weighted by molar-refractivity contribution is 7.86. The number of hydrogen-bond donors (Lipinski definition) is 2. The van der Waals surface area contributed by atoms with Crippen molar-refractivity contribution in [3.8, 4) is 5.75 Å². The van der Waals surface area contributed by atoms with E-state index in [2.05, 4.69) is 10.2 Å². The van der Waals surface area contributed by atoms with Crippen LogP contribution in [0.1, 0.15) is 11.1 Å². The molecule has 0 atom stereocenters. The summed E-state index contributed by atoms with van der Waals surface area (Å²) in [5.41, 5.74) is 11.5. The van der Waals surface area contributed by atoms with Crippen molar-refractivity contribution in [2.75, 3.05) is 46.2 Å². The second kappa shape index (κ2) is 14.0. The lowest BCUT2D eigenvalue weighted by molar-refractivity contribution is -0.462. The number of nitrogens with zero attached hydrogens (tertiary/aromatic N) is 4. The first-order chi connectivity index (χ1) is 20.5. The molecular formula is C33H36N5O4S+. The van der Waals surface area contributed by atoms with Gasteiger partial charge in [-0.15, -0.1) is 0 Å². The van der Waals surface area contributed by atoms with Crippen LogP contribution < -0.4 is 15.4 Å². The van der Waals surface area contributed by atoms with Crippen LogP contribution >= 0.6 is 0 Å². The summed E-state index contributed by atoms with van der Waals surface area (Å²) in [6.07, 6.45) is 11.6. The van der Waals surface area contributed by atoms with Gasteiger partial charge in [-0.2, -0.15) is 18.6 Å². The maximum Gasteiger partial charge on any atom is 0.295 e. The summed E-state index contributed by atoms with van der Waals surface area (Å²) >= 11 is 0. The van der Waals surface area contributed by atoms with E-state index in [-0.39, 0.29) is 10.6 Å². The SMILES string of the molecule is CN(C)c1ccc(C(C=Cc2ccc(N=Nc3ccc(OCCN)cc3)cc2S(=O)(=O)O)=C2C=CC(=[N+](C)C)C=C2)cc1. The molecule has 0 radical (unpaired) electrons. The smallest absolute Gasteiger partial charge is 0.295 e. The lowest BCUT2D eigenvalue weighted by atomic mass is 9.95. The topological polar surface area (TPSA) is 121 Å². The molecule has 9 nitrogen and oxygen atoms in total. The van der Waals surface area contributed by atoms with Crippen LogP contribution in [0, 0.1) is 0 Å². The Hall–Kier alpha value is -4.64. The monoisotopic (exact) mass is 598 g/mol. The average Bonchev–Trinajstić information content (AvgIpc) is 3.00. The van der Waals surface area contributed by atoms with Gasteiger partial charge in [-0.3, -0.25) is 4.55 Å². The van der Waals surface area contributed by atoms with Gasteiger partial charge in [0.2, 0.25) is 0 Å². The Kier molecular flexibility index (Phi) is 10.2. The minimum absolute atomic E-state index is 0.268. The van der Waals surface area contributed by atoms with Crippen molar-refractivity contribution < 1.29 is 22.3 Å².